The highest BCUT2D eigenvalue weighted by molar-refractivity contribution is 5.84. The van der Waals surface area contributed by atoms with Crippen molar-refractivity contribution in [1.29, 1.82) is 0 Å². The summed E-state index contributed by atoms with van der Waals surface area (Å²) < 4.78 is 19.2. The minimum Gasteiger partial charge on any atom is -0.464 e. The second-order valence-electron chi connectivity index (χ2n) is 4.97. The Morgan fingerprint density at radius 2 is 2.00 bits per heavy atom. The van der Waals surface area contributed by atoms with Crippen LogP contribution < -0.4 is 5.73 Å². The number of furan rings is 1. The first kappa shape index (κ1) is 12.1. The van der Waals surface area contributed by atoms with Gasteiger partial charge in [0.2, 0.25) is 0 Å². The van der Waals surface area contributed by atoms with E-state index in [0.29, 0.717) is 12.3 Å². The van der Waals surface area contributed by atoms with Gasteiger partial charge in [-0.2, -0.15) is 0 Å². The van der Waals surface area contributed by atoms with E-state index in [-0.39, 0.29) is 11.9 Å². The summed E-state index contributed by atoms with van der Waals surface area (Å²) in [6.07, 6.45) is 2.35. The van der Waals surface area contributed by atoms with E-state index in [1.165, 1.54) is 6.07 Å². The fraction of sp³-hybridized carbons (Fsp3) is 0.429. The summed E-state index contributed by atoms with van der Waals surface area (Å²) in [5.74, 6) is 0.0950. The number of hydrogen-bond donors (Lipinski definition) is 1. The van der Waals surface area contributed by atoms with Crippen LogP contribution in [0.2, 0.25) is 0 Å². The van der Waals surface area contributed by atoms with E-state index in [1.54, 1.807) is 12.3 Å². The van der Waals surface area contributed by atoms with Gasteiger partial charge in [-0.25, -0.2) is 4.39 Å². The van der Waals surface area contributed by atoms with Gasteiger partial charge in [-0.3, -0.25) is 0 Å². The molecule has 2 rings (SSSR count). The van der Waals surface area contributed by atoms with Crippen molar-refractivity contribution in [2.24, 2.45) is 5.73 Å². The highest BCUT2D eigenvalue weighted by atomic mass is 19.1. The lowest BCUT2D eigenvalue weighted by molar-refractivity contribution is 0.592. The number of fused-ring (bicyclic) bond motifs is 1. The molecule has 0 amide bonds. The standard InChI is InChI=1S/C14H18FNO/c1-8(2)13-7-17-14-10(4-9(3)16)5-11(15)6-12(13)14/h5-9H,4,16H2,1-3H3. The molecule has 0 saturated heterocycles. The minimum atomic E-state index is -0.226. The van der Waals surface area contributed by atoms with E-state index < -0.39 is 0 Å². The Balaban J connectivity index is 2.61. The molecule has 0 bridgehead atoms. The van der Waals surface area contributed by atoms with Gasteiger partial charge in [-0.1, -0.05) is 13.8 Å². The molecular formula is C14H18FNO. The summed E-state index contributed by atoms with van der Waals surface area (Å²) in [6.45, 7) is 6.05. The summed E-state index contributed by atoms with van der Waals surface area (Å²) in [7, 11) is 0. The monoisotopic (exact) mass is 235 g/mol. The van der Waals surface area contributed by atoms with Gasteiger partial charge < -0.3 is 10.2 Å². The quantitative estimate of drug-likeness (QED) is 0.883. The lowest BCUT2D eigenvalue weighted by atomic mass is 9.99. The van der Waals surface area contributed by atoms with E-state index in [2.05, 4.69) is 13.8 Å². The highest BCUT2D eigenvalue weighted by Crippen LogP contribution is 2.31. The molecule has 2 N–H and O–H groups in total. The van der Waals surface area contributed by atoms with Crippen molar-refractivity contribution in [3.63, 3.8) is 0 Å². The predicted octanol–water partition coefficient (Wildman–Crippen LogP) is 3.59. The van der Waals surface area contributed by atoms with E-state index in [9.17, 15) is 4.39 Å². The van der Waals surface area contributed by atoms with Gasteiger partial charge in [0, 0.05) is 17.0 Å². The van der Waals surface area contributed by atoms with Gasteiger partial charge in [-0.15, -0.1) is 0 Å². The van der Waals surface area contributed by atoms with Gasteiger partial charge in [0.25, 0.3) is 0 Å². The lowest BCUT2D eigenvalue weighted by Crippen LogP contribution is -2.17. The zero-order valence-corrected chi connectivity index (χ0v) is 10.5. The molecular weight excluding hydrogens is 217 g/mol. The number of nitrogens with two attached hydrogens (primary N) is 1. The molecule has 0 aliphatic rings. The smallest absolute Gasteiger partial charge is 0.137 e. The van der Waals surface area contributed by atoms with Crippen LogP contribution in [0.25, 0.3) is 11.0 Å². The maximum atomic E-state index is 13.6. The third-order valence-electron chi connectivity index (χ3n) is 2.91. The second kappa shape index (κ2) is 4.49. The lowest BCUT2D eigenvalue weighted by Gasteiger charge is -2.07. The Bertz CT molecular complexity index is 528. The van der Waals surface area contributed by atoms with Gasteiger partial charge >= 0.3 is 0 Å². The zero-order chi connectivity index (χ0) is 12.6. The molecule has 0 saturated carbocycles. The molecule has 1 aromatic carbocycles. The molecule has 1 aromatic heterocycles. The molecule has 0 spiro atoms. The highest BCUT2D eigenvalue weighted by Gasteiger charge is 2.15. The maximum Gasteiger partial charge on any atom is 0.137 e. The van der Waals surface area contributed by atoms with E-state index in [4.69, 9.17) is 10.2 Å². The molecule has 0 radical (unpaired) electrons. The summed E-state index contributed by atoms with van der Waals surface area (Å²) in [4.78, 5) is 0. The van der Waals surface area contributed by atoms with Crippen molar-refractivity contribution in [3.05, 3.63) is 35.3 Å². The molecule has 2 aromatic rings. The van der Waals surface area contributed by atoms with Crippen LogP contribution in [0.1, 0.15) is 37.8 Å². The fourth-order valence-electron chi connectivity index (χ4n) is 2.14. The van der Waals surface area contributed by atoms with Crippen LogP contribution in [0, 0.1) is 5.82 Å². The van der Waals surface area contributed by atoms with E-state index in [1.807, 2.05) is 6.92 Å². The summed E-state index contributed by atoms with van der Waals surface area (Å²) in [5.41, 5.74) is 8.43. The first-order valence-corrected chi connectivity index (χ1v) is 5.94. The molecule has 17 heavy (non-hydrogen) atoms. The first-order valence-electron chi connectivity index (χ1n) is 5.94. The number of halogens is 1. The predicted molar refractivity (Wildman–Crippen MR) is 67.6 cm³/mol. The summed E-state index contributed by atoms with van der Waals surface area (Å²) >= 11 is 0. The van der Waals surface area contributed by atoms with Crippen molar-refractivity contribution in [2.45, 2.75) is 39.2 Å². The zero-order valence-electron chi connectivity index (χ0n) is 10.5. The van der Waals surface area contributed by atoms with Crippen LogP contribution in [-0.4, -0.2) is 6.04 Å². The third-order valence-corrected chi connectivity index (χ3v) is 2.91. The van der Waals surface area contributed by atoms with Gasteiger partial charge in [0.05, 0.1) is 6.26 Å². The van der Waals surface area contributed by atoms with E-state index in [0.717, 1.165) is 22.1 Å². The van der Waals surface area contributed by atoms with Crippen molar-refractivity contribution in [2.75, 3.05) is 0 Å². The van der Waals surface area contributed by atoms with Crippen molar-refractivity contribution < 1.29 is 8.81 Å². The van der Waals surface area contributed by atoms with Crippen LogP contribution in [0.3, 0.4) is 0 Å². The van der Waals surface area contributed by atoms with Crippen molar-refractivity contribution in [1.82, 2.24) is 0 Å². The number of hydrogen-bond acceptors (Lipinski definition) is 2. The molecule has 92 valence electrons. The van der Waals surface area contributed by atoms with Gasteiger partial charge in [0.1, 0.15) is 11.4 Å². The van der Waals surface area contributed by atoms with Gasteiger partial charge in [-0.05, 0) is 37.0 Å². The Hall–Kier alpha value is -1.35. The van der Waals surface area contributed by atoms with Crippen LogP contribution in [0.15, 0.2) is 22.8 Å². The van der Waals surface area contributed by atoms with Crippen LogP contribution in [0.4, 0.5) is 4.39 Å². The number of rotatable bonds is 3. The Labute approximate surface area is 101 Å². The summed E-state index contributed by atoms with van der Waals surface area (Å²) in [6, 6.07) is 3.05. The Morgan fingerprint density at radius 3 is 2.59 bits per heavy atom. The second-order valence-corrected chi connectivity index (χ2v) is 4.97. The molecule has 0 aliphatic heterocycles. The maximum absolute atomic E-state index is 13.6. The Kier molecular flexibility index (Phi) is 3.20. The molecule has 3 heteroatoms. The van der Waals surface area contributed by atoms with Crippen LogP contribution in [-0.2, 0) is 6.42 Å². The Morgan fingerprint density at radius 1 is 1.29 bits per heavy atom. The van der Waals surface area contributed by atoms with Crippen molar-refractivity contribution >= 4 is 11.0 Å². The average molecular weight is 235 g/mol. The van der Waals surface area contributed by atoms with Crippen LogP contribution >= 0.6 is 0 Å². The van der Waals surface area contributed by atoms with Crippen molar-refractivity contribution in [3.8, 4) is 0 Å². The van der Waals surface area contributed by atoms with Gasteiger partial charge in [0.15, 0.2) is 0 Å². The molecule has 0 aliphatic carbocycles. The molecule has 1 heterocycles. The minimum absolute atomic E-state index is 0.00685. The summed E-state index contributed by atoms with van der Waals surface area (Å²) in [5, 5.41) is 0.871. The number of benzene rings is 1. The SMILES string of the molecule is CC(N)Cc1cc(F)cc2c(C(C)C)coc12. The normalized spacial score (nSPS) is 13.5. The molecule has 1 unspecified atom stereocenters. The van der Waals surface area contributed by atoms with E-state index >= 15 is 0 Å². The third kappa shape index (κ3) is 2.34. The largest absolute Gasteiger partial charge is 0.464 e. The topological polar surface area (TPSA) is 39.2 Å². The average Bonchev–Trinajstić information content (AvgIpc) is 2.59. The fourth-order valence-corrected chi connectivity index (χ4v) is 2.14. The first-order chi connectivity index (χ1) is 7.99. The molecule has 1 atom stereocenters. The van der Waals surface area contributed by atoms with Crippen LogP contribution in [0.5, 0.6) is 0 Å². The molecule has 2 nitrogen and oxygen atoms in total. The molecule has 0 fully saturated rings.